The number of benzene rings is 2. The summed E-state index contributed by atoms with van der Waals surface area (Å²) in [6.45, 7) is 10.6. The molecule has 0 bridgehead atoms. The molecule has 242 valence electrons. The van der Waals surface area contributed by atoms with Crippen molar-refractivity contribution in [1.82, 2.24) is 30.1 Å². The van der Waals surface area contributed by atoms with E-state index >= 15 is 0 Å². The van der Waals surface area contributed by atoms with Gasteiger partial charge in [0.15, 0.2) is 11.5 Å². The Kier molecular flexibility index (Phi) is 11.4. The molecule has 2 N–H and O–H groups in total. The molecule has 2 aromatic carbocycles. The number of carbonyl (C=O) groups excluding carboxylic acids is 1. The molecule has 11 heteroatoms. The number of aromatic nitrogens is 3. The quantitative estimate of drug-likeness (QED) is 0.191. The highest BCUT2D eigenvalue weighted by molar-refractivity contribution is 5.70. The van der Waals surface area contributed by atoms with Crippen LogP contribution in [-0.2, 0) is 6.42 Å². The molecule has 1 saturated heterocycles. The molecule has 0 spiro atoms. The first-order valence-corrected chi connectivity index (χ1v) is 15.7. The van der Waals surface area contributed by atoms with Crippen LogP contribution in [0.4, 0.5) is 16.4 Å². The maximum atomic E-state index is 12.4. The minimum atomic E-state index is -0.597. The van der Waals surface area contributed by atoms with Crippen molar-refractivity contribution in [3.05, 3.63) is 83.7 Å². The van der Waals surface area contributed by atoms with E-state index in [1.807, 2.05) is 42.6 Å². The number of piperazine rings is 1. The molecule has 46 heavy (non-hydrogen) atoms. The average molecular weight is 626 g/mol. The van der Waals surface area contributed by atoms with Gasteiger partial charge < -0.3 is 34.6 Å². The molecule has 2 aromatic heterocycles. The number of rotatable bonds is 13. The first-order chi connectivity index (χ1) is 22.4. The van der Waals surface area contributed by atoms with Crippen LogP contribution in [0.25, 0.3) is 11.3 Å². The zero-order chi connectivity index (χ0) is 32.3. The van der Waals surface area contributed by atoms with Crippen LogP contribution in [0.1, 0.15) is 23.1 Å². The van der Waals surface area contributed by atoms with Crippen LogP contribution in [0.2, 0.25) is 0 Å². The van der Waals surface area contributed by atoms with E-state index in [4.69, 9.17) is 14.2 Å². The Balaban J connectivity index is 1.06. The van der Waals surface area contributed by atoms with Crippen LogP contribution < -0.4 is 24.8 Å². The lowest BCUT2D eigenvalue weighted by Gasteiger charge is -2.32. The van der Waals surface area contributed by atoms with Crippen molar-refractivity contribution in [3.63, 3.8) is 0 Å². The summed E-state index contributed by atoms with van der Waals surface area (Å²) in [5.41, 5.74) is 6.24. The van der Waals surface area contributed by atoms with E-state index in [1.54, 1.807) is 7.11 Å². The normalized spacial score (nSPS) is 13.7. The van der Waals surface area contributed by atoms with Crippen LogP contribution in [0.15, 0.2) is 67.0 Å². The molecule has 3 heterocycles. The molecule has 0 unspecified atom stereocenters. The summed E-state index contributed by atoms with van der Waals surface area (Å²) in [5, 5.41) is 5.90. The fraction of sp³-hybridized carbons (Fsp3) is 0.371. The maximum Gasteiger partial charge on any atom is 0.413 e. The summed E-state index contributed by atoms with van der Waals surface area (Å²) in [4.78, 5) is 30.5. The number of hydrogen-bond donors (Lipinski definition) is 2. The van der Waals surface area contributed by atoms with Gasteiger partial charge in [0.25, 0.3) is 0 Å². The number of nitrogens with one attached hydrogen (secondary N) is 2. The lowest BCUT2D eigenvalue weighted by molar-refractivity contribution is 0.145. The summed E-state index contributed by atoms with van der Waals surface area (Å²) in [7, 11) is 3.77. The van der Waals surface area contributed by atoms with Gasteiger partial charge in [-0.25, -0.2) is 9.78 Å². The first-order valence-electron chi connectivity index (χ1n) is 15.7. The number of methoxy groups -OCH3 is 1. The van der Waals surface area contributed by atoms with Gasteiger partial charge in [-0.05, 0) is 68.6 Å². The highest BCUT2D eigenvalue weighted by atomic mass is 16.6. The fourth-order valence-electron chi connectivity index (χ4n) is 5.19. The van der Waals surface area contributed by atoms with Gasteiger partial charge in [-0.1, -0.05) is 24.3 Å². The van der Waals surface area contributed by atoms with Crippen molar-refractivity contribution < 1.29 is 19.0 Å². The molecule has 4 aromatic rings. The van der Waals surface area contributed by atoms with E-state index < -0.39 is 6.09 Å². The number of likely N-dealkylation sites (N-methyl/N-ethyl adjacent to an activating group) is 1. The number of amides is 1. The SMILES string of the molecule is COc1cc(Nc2nccc(OC(=O)NCCc3ccc(-c4cccc(C)c4C)nc3)n2)ccc1OCCCN1CCN(C)CC1. The summed E-state index contributed by atoms with van der Waals surface area (Å²) in [6, 6.07) is 17.3. The molecule has 0 radical (unpaired) electrons. The van der Waals surface area contributed by atoms with Crippen LogP contribution in [0, 0.1) is 13.8 Å². The lowest BCUT2D eigenvalue weighted by Crippen LogP contribution is -2.44. The zero-order valence-electron chi connectivity index (χ0n) is 27.1. The van der Waals surface area contributed by atoms with Gasteiger partial charge >= 0.3 is 6.09 Å². The van der Waals surface area contributed by atoms with E-state index in [-0.39, 0.29) is 11.8 Å². The third-order valence-corrected chi connectivity index (χ3v) is 8.11. The first kappa shape index (κ1) is 32.6. The van der Waals surface area contributed by atoms with Gasteiger partial charge in [-0.2, -0.15) is 4.98 Å². The lowest BCUT2D eigenvalue weighted by atomic mass is 10.0. The van der Waals surface area contributed by atoms with Gasteiger partial charge in [0.2, 0.25) is 11.8 Å². The number of aryl methyl sites for hydroxylation is 1. The van der Waals surface area contributed by atoms with E-state index in [9.17, 15) is 4.79 Å². The predicted molar refractivity (Wildman–Crippen MR) is 179 cm³/mol. The van der Waals surface area contributed by atoms with Crippen LogP contribution in [0.5, 0.6) is 17.4 Å². The monoisotopic (exact) mass is 625 g/mol. The Labute approximate surface area is 270 Å². The Morgan fingerprint density at radius 1 is 0.978 bits per heavy atom. The summed E-state index contributed by atoms with van der Waals surface area (Å²) in [6.07, 6.45) is 4.33. The largest absolute Gasteiger partial charge is 0.493 e. The number of anilines is 2. The van der Waals surface area contributed by atoms with Crippen molar-refractivity contribution in [2.75, 3.05) is 65.3 Å². The Bertz CT molecular complexity index is 1590. The Morgan fingerprint density at radius 2 is 1.83 bits per heavy atom. The number of pyridine rings is 1. The van der Waals surface area contributed by atoms with E-state index in [1.165, 1.54) is 23.4 Å². The summed E-state index contributed by atoms with van der Waals surface area (Å²) in [5.74, 6) is 1.69. The molecular weight excluding hydrogens is 582 g/mol. The predicted octanol–water partition coefficient (Wildman–Crippen LogP) is 5.26. The minimum Gasteiger partial charge on any atom is -0.493 e. The molecule has 1 aliphatic rings. The molecule has 1 amide bonds. The third-order valence-electron chi connectivity index (χ3n) is 8.11. The molecule has 1 aliphatic heterocycles. The zero-order valence-corrected chi connectivity index (χ0v) is 27.1. The van der Waals surface area contributed by atoms with Gasteiger partial charge in [0.05, 0.1) is 19.4 Å². The van der Waals surface area contributed by atoms with Gasteiger partial charge in [-0.15, -0.1) is 0 Å². The summed E-state index contributed by atoms with van der Waals surface area (Å²) >= 11 is 0. The molecular formula is C35H43N7O4. The maximum absolute atomic E-state index is 12.4. The van der Waals surface area contributed by atoms with Crippen molar-refractivity contribution >= 4 is 17.7 Å². The second kappa shape index (κ2) is 16.0. The Morgan fingerprint density at radius 3 is 2.61 bits per heavy atom. The van der Waals surface area contributed by atoms with Crippen LogP contribution >= 0.6 is 0 Å². The molecule has 1 fully saturated rings. The second-order valence-electron chi connectivity index (χ2n) is 11.4. The highest BCUT2D eigenvalue weighted by Gasteiger charge is 2.14. The van der Waals surface area contributed by atoms with E-state index in [0.29, 0.717) is 36.8 Å². The Hall–Kier alpha value is -4.74. The van der Waals surface area contributed by atoms with Crippen molar-refractivity contribution in [1.29, 1.82) is 0 Å². The van der Waals surface area contributed by atoms with E-state index in [2.05, 4.69) is 68.4 Å². The number of nitrogens with zero attached hydrogens (tertiary/aromatic N) is 5. The van der Waals surface area contributed by atoms with Gasteiger partial charge in [0, 0.05) is 75.0 Å². The van der Waals surface area contributed by atoms with Gasteiger partial charge in [0.1, 0.15) is 0 Å². The fourth-order valence-corrected chi connectivity index (χ4v) is 5.19. The highest BCUT2D eigenvalue weighted by Crippen LogP contribution is 2.31. The molecule has 0 aliphatic carbocycles. The molecule has 5 rings (SSSR count). The van der Waals surface area contributed by atoms with Crippen molar-refractivity contribution in [2.45, 2.75) is 26.7 Å². The van der Waals surface area contributed by atoms with Gasteiger partial charge in [-0.3, -0.25) is 4.98 Å². The minimum absolute atomic E-state index is 0.127. The number of ether oxygens (including phenoxy) is 3. The van der Waals surface area contributed by atoms with Crippen LogP contribution in [0.3, 0.4) is 0 Å². The second-order valence-corrected chi connectivity index (χ2v) is 11.4. The van der Waals surface area contributed by atoms with Crippen LogP contribution in [-0.4, -0.2) is 90.9 Å². The number of carbonyl (C=O) groups is 1. The molecule has 0 saturated carbocycles. The standard InChI is InChI=1S/C35H43N7O4/c1-25-7-5-8-29(26(25)2)30-11-9-27(24-38-30)13-15-37-35(43)46-33-14-16-36-34(40-33)39-28-10-12-31(32(23-28)44-4)45-22-6-17-42-20-18-41(3)19-21-42/h5,7-12,14,16,23-24H,6,13,15,17-22H2,1-4H3,(H,37,43)(H,36,39,40). The van der Waals surface area contributed by atoms with Crippen molar-refractivity contribution in [2.24, 2.45) is 0 Å². The topological polar surface area (TPSA) is 114 Å². The smallest absolute Gasteiger partial charge is 0.413 e. The number of hydrogen-bond acceptors (Lipinski definition) is 10. The third kappa shape index (κ3) is 9.15. The van der Waals surface area contributed by atoms with Crippen molar-refractivity contribution in [3.8, 4) is 28.6 Å². The summed E-state index contributed by atoms with van der Waals surface area (Å²) < 4.78 is 17.0. The molecule has 11 nitrogen and oxygen atoms in total. The van der Waals surface area contributed by atoms with E-state index in [0.717, 1.165) is 56.0 Å². The average Bonchev–Trinajstić information content (AvgIpc) is 3.06. The molecule has 0 atom stereocenters.